The number of carbonyl (C=O) groups is 1. The first kappa shape index (κ1) is 19.6. The fraction of sp³-hybridized carbons (Fsp3) is 0.190. The molecule has 0 saturated heterocycles. The third-order valence-corrected chi connectivity index (χ3v) is 4.53. The highest BCUT2D eigenvalue weighted by molar-refractivity contribution is 6.32. The number of methoxy groups -OCH3 is 1. The zero-order chi connectivity index (χ0) is 20.3. The maximum atomic E-state index is 12.5. The van der Waals surface area contributed by atoms with Gasteiger partial charge in [0.1, 0.15) is 5.75 Å². The van der Waals surface area contributed by atoms with Gasteiger partial charge in [0.15, 0.2) is 0 Å². The van der Waals surface area contributed by atoms with Crippen LogP contribution in [-0.4, -0.2) is 23.0 Å². The lowest BCUT2D eigenvalue weighted by molar-refractivity contribution is 0.102. The molecule has 0 bridgehead atoms. The van der Waals surface area contributed by atoms with Crippen LogP contribution in [0.4, 0.5) is 17.3 Å². The number of rotatable bonds is 5. The molecule has 0 aliphatic rings. The Balaban J connectivity index is 1.72. The third kappa shape index (κ3) is 4.40. The van der Waals surface area contributed by atoms with Gasteiger partial charge in [-0.1, -0.05) is 29.3 Å². The number of ether oxygens (including phenoxy) is 1. The van der Waals surface area contributed by atoms with E-state index in [1.165, 1.54) is 12.4 Å². The lowest BCUT2D eigenvalue weighted by Crippen LogP contribution is -2.15. The second kappa shape index (κ2) is 8.27. The van der Waals surface area contributed by atoms with Crippen LogP contribution in [0.25, 0.3) is 0 Å². The molecule has 28 heavy (non-hydrogen) atoms. The summed E-state index contributed by atoms with van der Waals surface area (Å²) in [5.41, 5.74) is 5.09. The molecular weight excluding hydrogens is 376 g/mol. The molecule has 1 aromatic heterocycles. The van der Waals surface area contributed by atoms with Crippen LogP contribution in [0.15, 0.2) is 42.7 Å². The van der Waals surface area contributed by atoms with Gasteiger partial charge in [-0.25, -0.2) is 9.97 Å². The van der Waals surface area contributed by atoms with Crippen LogP contribution in [0.3, 0.4) is 0 Å². The summed E-state index contributed by atoms with van der Waals surface area (Å²) < 4.78 is 5.13. The van der Waals surface area contributed by atoms with Crippen LogP contribution < -0.4 is 15.4 Å². The lowest BCUT2D eigenvalue weighted by atomic mass is 10.0. The highest BCUT2D eigenvalue weighted by Gasteiger charge is 2.12. The fourth-order valence-electron chi connectivity index (χ4n) is 2.95. The molecule has 0 aliphatic heterocycles. The van der Waals surface area contributed by atoms with Crippen LogP contribution in [0.5, 0.6) is 5.75 Å². The van der Waals surface area contributed by atoms with Gasteiger partial charge in [-0.05, 0) is 50.1 Å². The second-order valence-electron chi connectivity index (χ2n) is 6.50. The molecule has 0 spiro atoms. The Kier molecular flexibility index (Phi) is 5.80. The van der Waals surface area contributed by atoms with E-state index in [9.17, 15) is 4.79 Å². The third-order valence-electron chi connectivity index (χ3n) is 4.24. The van der Waals surface area contributed by atoms with E-state index in [1.54, 1.807) is 25.3 Å². The standard InChI is InChI=1S/C21H21ClN4O2/c1-12-7-13(2)19(14(3)8-12)26-20(27)15-10-23-21(24-11-15)25-16-5-6-18(28-4)17(22)9-16/h5-11H,1-4H3,(H,26,27)(H,23,24,25). The summed E-state index contributed by atoms with van der Waals surface area (Å²) in [5, 5.41) is 6.46. The van der Waals surface area contributed by atoms with Crippen molar-refractivity contribution in [3.8, 4) is 5.75 Å². The van der Waals surface area contributed by atoms with Gasteiger partial charge in [0.25, 0.3) is 5.91 Å². The van der Waals surface area contributed by atoms with Crippen molar-refractivity contribution < 1.29 is 9.53 Å². The largest absolute Gasteiger partial charge is 0.495 e. The molecular formula is C21H21ClN4O2. The first-order chi connectivity index (χ1) is 13.4. The average molecular weight is 397 g/mol. The van der Waals surface area contributed by atoms with Crippen molar-refractivity contribution in [2.75, 3.05) is 17.7 Å². The molecule has 3 rings (SSSR count). The summed E-state index contributed by atoms with van der Waals surface area (Å²) in [6.07, 6.45) is 2.96. The SMILES string of the molecule is COc1ccc(Nc2ncc(C(=O)Nc3c(C)cc(C)cc3C)cn2)cc1Cl. The number of amides is 1. The molecule has 2 N–H and O–H groups in total. The fourth-order valence-corrected chi connectivity index (χ4v) is 3.20. The monoisotopic (exact) mass is 396 g/mol. The van der Waals surface area contributed by atoms with Gasteiger partial charge in [0.2, 0.25) is 5.95 Å². The number of aromatic nitrogens is 2. The number of nitrogens with one attached hydrogen (secondary N) is 2. The maximum Gasteiger partial charge on any atom is 0.258 e. The maximum absolute atomic E-state index is 12.5. The molecule has 0 saturated carbocycles. The van der Waals surface area contributed by atoms with E-state index in [0.717, 1.165) is 22.4 Å². The molecule has 0 fully saturated rings. The molecule has 0 aliphatic carbocycles. The van der Waals surface area contributed by atoms with E-state index < -0.39 is 0 Å². The predicted octanol–water partition coefficient (Wildman–Crippen LogP) is 5.06. The Bertz CT molecular complexity index is 996. The van der Waals surface area contributed by atoms with E-state index in [1.807, 2.05) is 32.9 Å². The van der Waals surface area contributed by atoms with Gasteiger partial charge in [-0.3, -0.25) is 4.79 Å². The molecule has 0 atom stereocenters. The minimum Gasteiger partial charge on any atom is -0.495 e. The highest BCUT2D eigenvalue weighted by atomic mass is 35.5. The Morgan fingerprint density at radius 1 is 1.04 bits per heavy atom. The molecule has 0 radical (unpaired) electrons. The predicted molar refractivity (Wildman–Crippen MR) is 112 cm³/mol. The summed E-state index contributed by atoms with van der Waals surface area (Å²) >= 11 is 6.12. The van der Waals surface area contributed by atoms with Crippen LogP contribution in [0.2, 0.25) is 5.02 Å². The zero-order valence-electron chi connectivity index (χ0n) is 16.1. The van der Waals surface area contributed by atoms with Crippen molar-refractivity contribution in [3.63, 3.8) is 0 Å². The second-order valence-corrected chi connectivity index (χ2v) is 6.90. The van der Waals surface area contributed by atoms with E-state index in [4.69, 9.17) is 16.3 Å². The Morgan fingerprint density at radius 2 is 1.68 bits per heavy atom. The van der Waals surface area contributed by atoms with E-state index in [0.29, 0.717) is 28.0 Å². The summed E-state index contributed by atoms with van der Waals surface area (Å²) in [7, 11) is 1.56. The quantitative estimate of drug-likeness (QED) is 0.630. The van der Waals surface area contributed by atoms with Crippen molar-refractivity contribution >= 4 is 34.8 Å². The molecule has 0 unspecified atom stereocenters. The van der Waals surface area contributed by atoms with E-state index in [-0.39, 0.29) is 5.91 Å². The number of carbonyl (C=O) groups excluding carboxylic acids is 1. The topological polar surface area (TPSA) is 76.1 Å². The number of benzene rings is 2. The number of aryl methyl sites for hydroxylation is 3. The zero-order valence-corrected chi connectivity index (χ0v) is 16.9. The van der Waals surface area contributed by atoms with Crippen molar-refractivity contribution in [2.45, 2.75) is 20.8 Å². The van der Waals surface area contributed by atoms with Crippen molar-refractivity contribution in [3.05, 3.63) is 70.0 Å². The Labute approximate surface area is 168 Å². The van der Waals surface area contributed by atoms with Gasteiger partial charge < -0.3 is 15.4 Å². The number of anilines is 3. The van der Waals surface area contributed by atoms with E-state index in [2.05, 4.69) is 20.6 Å². The summed E-state index contributed by atoms with van der Waals surface area (Å²) in [6, 6.07) is 9.34. The Hall–Kier alpha value is -3.12. The summed E-state index contributed by atoms with van der Waals surface area (Å²) in [6.45, 7) is 5.97. The van der Waals surface area contributed by atoms with Gasteiger partial charge in [0.05, 0.1) is 17.7 Å². The first-order valence-electron chi connectivity index (χ1n) is 8.69. The Morgan fingerprint density at radius 3 is 2.25 bits per heavy atom. The van der Waals surface area contributed by atoms with Gasteiger partial charge in [-0.2, -0.15) is 0 Å². The molecule has 1 amide bonds. The molecule has 2 aromatic carbocycles. The number of nitrogens with zero attached hydrogens (tertiary/aromatic N) is 2. The lowest BCUT2D eigenvalue weighted by Gasteiger charge is -2.13. The van der Waals surface area contributed by atoms with Crippen LogP contribution in [0.1, 0.15) is 27.0 Å². The average Bonchev–Trinajstić information content (AvgIpc) is 2.65. The van der Waals surface area contributed by atoms with Gasteiger partial charge in [0, 0.05) is 23.8 Å². The normalized spacial score (nSPS) is 10.5. The smallest absolute Gasteiger partial charge is 0.258 e. The minimum absolute atomic E-state index is 0.255. The van der Waals surface area contributed by atoms with Crippen molar-refractivity contribution in [2.24, 2.45) is 0 Å². The van der Waals surface area contributed by atoms with Crippen LogP contribution in [0, 0.1) is 20.8 Å². The van der Waals surface area contributed by atoms with Crippen LogP contribution >= 0.6 is 11.6 Å². The summed E-state index contributed by atoms with van der Waals surface area (Å²) in [5.74, 6) is 0.691. The van der Waals surface area contributed by atoms with Gasteiger partial charge >= 0.3 is 0 Å². The van der Waals surface area contributed by atoms with E-state index >= 15 is 0 Å². The number of halogens is 1. The summed E-state index contributed by atoms with van der Waals surface area (Å²) in [4.78, 5) is 21.0. The minimum atomic E-state index is -0.255. The molecule has 6 nitrogen and oxygen atoms in total. The molecule has 3 aromatic rings. The first-order valence-corrected chi connectivity index (χ1v) is 9.07. The number of hydrogen-bond donors (Lipinski definition) is 2. The van der Waals surface area contributed by atoms with Crippen molar-refractivity contribution in [1.82, 2.24) is 9.97 Å². The van der Waals surface area contributed by atoms with Gasteiger partial charge in [-0.15, -0.1) is 0 Å². The highest BCUT2D eigenvalue weighted by Crippen LogP contribution is 2.28. The van der Waals surface area contributed by atoms with Crippen molar-refractivity contribution in [1.29, 1.82) is 0 Å². The van der Waals surface area contributed by atoms with Crippen LogP contribution in [-0.2, 0) is 0 Å². The number of hydrogen-bond acceptors (Lipinski definition) is 5. The molecule has 7 heteroatoms. The molecule has 1 heterocycles. The molecule has 144 valence electrons.